The van der Waals surface area contributed by atoms with E-state index in [0.717, 1.165) is 23.5 Å². The van der Waals surface area contributed by atoms with Crippen molar-refractivity contribution >= 4 is 49.7 Å². The van der Waals surface area contributed by atoms with Crippen molar-refractivity contribution in [2.75, 3.05) is 4.90 Å². The van der Waals surface area contributed by atoms with Gasteiger partial charge >= 0.3 is 0 Å². The minimum Gasteiger partial charge on any atom is -0.503 e. The van der Waals surface area contributed by atoms with Crippen LogP contribution in [0.4, 0.5) is 13.9 Å². The molecule has 4 rings (SSSR count). The number of rotatable bonds is 4. The van der Waals surface area contributed by atoms with Crippen molar-refractivity contribution in [1.29, 1.82) is 0 Å². The number of benzene rings is 1. The lowest BCUT2D eigenvalue weighted by molar-refractivity contribution is -0.118. The number of ketones is 1. The Labute approximate surface area is 160 Å². The predicted molar refractivity (Wildman–Crippen MR) is 99.0 cm³/mol. The summed E-state index contributed by atoms with van der Waals surface area (Å²) in [6, 6.07) is 4.67. The number of aromatic nitrogens is 1. The molecule has 138 valence electrons. The topological polar surface area (TPSA) is 70.5 Å². The first-order chi connectivity index (χ1) is 12.9. The zero-order chi connectivity index (χ0) is 19.3. The Morgan fingerprint density at radius 2 is 2.07 bits per heavy atom. The zero-order valence-electron chi connectivity index (χ0n) is 13.9. The first-order valence-corrected chi connectivity index (χ1v) is 9.70. The van der Waals surface area contributed by atoms with Crippen LogP contribution in [0.5, 0.6) is 0 Å². The number of aliphatic hydroxyl groups is 1. The molecule has 5 nitrogen and oxygen atoms in total. The number of Topliss-reactive ketones (excluding diaryl/α,β-unsaturated/α-hetero) is 1. The Hall–Kier alpha value is -2.65. The molecular formula is C18H12F2N2O3S2. The maximum Gasteiger partial charge on any atom is 0.296 e. The number of carbonyl (C=O) groups is 2. The Morgan fingerprint density at radius 1 is 1.33 bits per heavy atom. The van der Waals surface area contributed by atoms with Crippen LogP contribution >= 0.6 is 22.7 Å². The summed E-state index contributed by atoms with van der Waals surface area (Å²) < 4.78 is 27.4. The van der Waals surface area contributed by atoms with E-state index in [-0.39, 0.29) is 28.4 Å². The highest BCUT2D eigenvalue weighted by Crippen LogP contribution is 2.44. The molecule has 3 aromatic rings. The third-order valence-electron chi connectivity index (χ3n) is 4.27. The van der Waals surface area contributed by atoms with Crippen LogP contribution in [-0.2, 0) is 9.59 Å². The van der Waals surface area contributed by atoms with Crippen LogP contribution in [0.25, 0.3) is 10.2 Å². The molecule has 3 heterocycles. The Balaban J connectivity index is 1.89. The summed E-state index contributed by atoms with van der Waals surface area (Å²) in [5.41, 5.74) is 0.211. The summed E-state index contributed by atoms with van der Waals surface area (Å²) in [5, 5.41) is 12.3. The van der Waals surface area contributed by atoms with Crippen molar-refractivity contribution in [2.24, 2.45) is 0 Å². The molecule has 0 radical (unpaired) electrons. The first kappa shape index (κ1) is 17.7. The molecule has 1 atom stereocenters. The number of halogens is 2. The number of hydrogen-bond acceptors (Lipinski definition) is 6. The Kier molecular flexibility index (Phi) is 4.27. The highest BCUT2D eigenvalue weighted by molar-refractivity contribution is 7.22. The third-order valence-corrected chi connectivity index (χ3v) is 6.21. The number of anilines is 1. The smallest absolute Gasteiger partial charge is 0.296 e. The van der Waals surface area contributed by atoms with Gasteiger partial charge in [0.1, 0.15) is 6.04 Å². The van der Waals surface area contributed by atoms with Gasteiger partial charge in [-0.25, -0.2) is 13.8 Å². The number of thiophene rings is 1. The van der Waals surface area contributed by atoms with Crippen molar-refractivity contribution in [3.8, 4) is 0 Å². The van der Waals surface area contributed by atoms with Crippen LogP contribution < -0.4 is 4.90 Å². The van der Waals surface area contributed by atoms with E-state index in [2.05, 4.69) is 4.98 Å². The second-order valence-electron chi connectivity index (χ2n) is 5.86. The molecule has 0 bridgehead atoms. The average molecular weight is 406 g/mol. The number of aliphatic hydroxyl groups excluding tert-OH is 1. The summed E-state index contributed by atoms with van der Waals surface area (Å²) in [6.07, 6.45) is 0.124. The molecule has 0 saturated carbocycles. The van der Waals surface area contributed by atoms with Gasteiger partial charge in [0.05, 0.1) is 15.8 Å². The summed E-state index contributed by atoms with van der Waals surface area (Å²) in [7, 11) is 0. The molecule has 1 unspecified atom stereocenters. The van der Waals surface area contributed by atoms with Crippen LogP contribution in [0.15, 0.2) is 41.0 Å². The SMILES string of the molecule is CCC(=O)C1=C(O)C(=O)N(c2nc3cc(F)c(F)cc3s2)C1c1cccs1. The molecular weight excluding hydrogens is 394 g/mol. The Morgan fingerprint density at radius 3 is 2.74 bits per heavy atom. The monoisotopic (exact) mass is 406 g/mol. The van der Waals surface area contributed by atoms with E-state index in [1.165, 1.54) is 16.2 Å². The maximum absolute atomic E-state index is 13.5. The van der Waals surface area contributed by atoms with Crippen LogP contribution in [0.3, 0.4) is 0 Å². The maximum atomic E-state index is 13.5. The van der Waals surface area contributed by atoms with E-state index < -0.39 is 29.3 Å². The minimum absolute atomic E-state index is 0.0153. The highest BCUT2D eigenvalue weighted by atomic mass is 32.1. The zero-order valence-corrected chi connectivity index (χ0v) is 15.5. The van der Waals surface area contributed by atoms with E-state index >= 15 is 0 Å². The quantitative estimate of drug-likeness (QED) is 0.692. The summed E-state index contributed by atoms with van der Waals surface area (Å²) >= 11 is 2.32. The van der Waals surface area contributed by atoms with Crippen molar-refractivity contribution in [2.45, 2.75) is 19.4 Å². The summed E-state index contributed by atoms with van der Waals surface area (Å²) in [5.74, 6) is -3.77. The number of fused-ring (bicyclic) bond motifs is 1. The molecule has 1 aromatic carbocycles. The second-order valence-corrected chi connectivity index (χ2v) is 7.85. The number of amides is 1. The molecule has 1 aliphatic rings. The molecule has 1 aliphatic heterocycles. The van der Waals surface area contributed by atoms with Crippen molar-refractivity contribution in [1.82, 2.24) is 4.98 Å². The van der Waals surface area contributed by atoms with Gasteiger partial charge in [0.25, 0.3) is 5.91 Å². The van der Waals surface area contributed by atoms with Gasteiger partial charge < -0.3 is 5.11 Å². The standard InChI is InChI=1S/C18H12F2N2O3S2/c1-2-11(23)14-15(12-4-3-5-26-12)22(17(25)16(14)24)18-21-10-6-8(19)9(20)7-13(10)27-18/h3-7,15,24H,2H2,1H3. The second kappa shape index (κ2) is 6.50. The summed E-state index contributed by atoms with van der Waals surface area (Å²) in [4.78, 5) is 31.3. The largest absolute Gasteiger partial charge is 0.503 e. The Bertz CT molecular complexity index is 1070. The van der Waals surface area contributed by atoms with Gasteiger partial charge in [-0.3, -0.25) is 14.5 Å². The molecule has 9 heteroatoms. The van der Waals surface area contributed by atoms with E-state index in [0.29, 0.717) is 9.58 Å². The normalized spacial score (nSPS) is 17.4. The van der Waals surface area contributed by atoms with Crippen LogP contribution in [0.1, 0.15) is 24.3 Å². The van der Waals surface area contributed by atoms with Crippen molar-refractivity contribution in [3.63, 3.8) is 0 Å². The lowest BCUT2D eigenvalue weighted by Crippen LogP contribution is -2.30. The van der Waals surface area contributed by atoms with Crippen LogP contribution in [0.2, 0.25) is 0 Å². The lowest BCUT2D eigenvalue weighted by atomic mass is 10.0. The number of hydrogen-bond donors (Lipinski definition) is 1. The van der Waals surface area contributed by atoms with E-state index in [9.17, 15) is 23.5 Å². The first-order valence-electron chi connectivity index (χ1n) is 8.01. The number of carbonyl (C=O) groups excluding carboxylic acids is 2. The lowest BCUT2D eigenvalue weighted by Gasteiger charge is -2.22. The van der Waals surface area contributed by atoms with E-state index in [4.69, 9.17) is 0 Å². The fraction of sp³-hybridized carbons (Fsp3) is 0.167. The van der Waals surface area contributed by atoms with Gasteiger partial charge in [-0.1, -0.05) is 24.3 Å². The van der Waals surface area contributed by atoms with Gasteiger partial charge in [0, 0.05) is 17.4 Å². The highest BCUT2D eigenvalue weighted by Gasteiger charge is 2.45. The van der Waals surface area contributed by atoms with Crippen LogP contribution in [0, 0.1) is 11.6 Å². The summed E-state index contributed by atoms with van der Waals surface area (Å²) in [6.45, 7) is 1.64. The molecule has 1 amide bonds. The van der Waals surface area contributed by atoms with Gasteiger partial charge in [0.15, 0.2) is 28.3 Å². The number of thiazole rings is 1. The molecule has 27 heavy (non-hydrogen) atoms. The van der Waals surface area contributed by atoms with Crippen molar-refractivity contribution in [3.05, 3.63) is 57.5 Å². The number of nitrogens with zero attached hydrogens (tertiary/aromatic N) is 2. The third kappa shape index (κ3) is 2.74. The van der Waals surface area contributed by atoms with Gasteiger partial charge in [-0.15, -0.1) is 11.3 Å². The fourth-order valence-electron chi connectivity index (χ4n) is 3.01. The van der Waals surface area contributed by atoms with E-state index in [1.807, 2.05) is 0 Å². The molecule has 0 saturated heterocycles. The fourth-order valence-corrected chi connectivity index (χ4v) is 4.83. The van der Waals surface area contributed by atoms with Crippen LogP contribution in [-0.4, -0.2) is 21.8 Å². The average Bonchev–Trinajstić information content (AvgIpc) is 3.34. The van der Waals surface area contributed by atoms with Crippen molar-refractivity contribution < 1.29 is 23.5 Å². The van der Waals surface area contributed by atoms with Gasteiger partial charge in [-0.05, 0) is 17.5 Å². The molecule has 0 aliphatic carbocycles. The molecule has 0 spiro atoms. The minimum atomic E-state index is -1.04. The molecule has 2 aromatic heterocycles. The molecule has 0 fully saturated rings. The van der Waals surface area contributed by atoms with Gasteiger partial charge in [0.2, 0.25) is 0 Å². The predicted octanol–water partition coefficient (Wildman–Crippen LogP) is 4.52. The molecule has 1 N–H and O–H groups in total. The van der Waals surface area contributed by atoms with Gasteiger partial charge in [-0.2, -0.15) is 0 Å². The van der Waals surface area contributed by atoms with E-state index in [1.54, 1.807) is 24.4 Å².